The summed E-state index contributed by atoms with van der Waals surface area (Å²) in [5.41, 5.74) is 3.32. The van der Waals surface area contributed by atoms with Gasteiger partial charge in [-0.1, -0.05) is 56.2 Å². The first kappa shape index (κ1) is 13.6. The van der Waals surface area contributed by atoms with Gasteiger partial charge in [0.05, 0.1) is 0 Å². The predicted octanol–water partition coefficient (Wildman–Crippen LogP) is 4.46. The maximum atomic E-state index is 7.17. The molecule has 0 amide bonds. The third-order valence-electron chi connectivity index (χ3n) is 1.82. The second-order valence-corrected chi connectivity index (χ2v) is 3.46. The standard InChI is InChI=1S/C11H13N.C3H8/c1-3-10(8-12)11-6-4-5-9(2)7-11;1-3-2/h3-8,12H,1-2H3;3H2,1-2H3/b10-3+,12-8?;. The summed E-state index contributed by atoms with van der Waals surface area (Å²) < 4.78 is 0. The molecule has 1 rings (SSSR count). The van der Waals surface area contributed by atoms with Crippen molar-refractivity contribution in [3.05, 3.63) is 41.5 Å². The molecule has 0 atom stereocenters. The van der Waals surface area contributed by atoms with Crippen LogP contribution in [0.4, 0.5) is 0 Å². The van der Waals surface area contributed by atoms with Crippen LogP contribution in [0.2, 0.25) is 0 Å². The van der Waals surface area contributed by atoms with Crippen LogP contribution in [0, 0.1) is 12.3 Å². The highest BCUT2D eigenvalue weighted by atomic mass is 14.3. The molecule has 82 valence electrons. The van der Waals surface area contributed by atoms with Crippen LogP contribution in [0.1, 0.15) is 38.3 Å². The van der Waals surface area contributed by atoms with E-state index in [2.05, 4.69) is 32.9 Å². The lowest BCUT2D eigenvalue weighted by Gasteiger charge is -2.00. The molecule has 0 aliphatic carbocycles. The highest BCUT2D eigenvalue weighted by molar-refractivity contribution is 6.08. The Balaban J connectivity index is 0.000000583. The molecule has 0 saturated carbocycles. The number of rotatable bonds is 2. The fourth-order valence-electron chi connectivity index (χ4n) is 1.16. The zero-order valence-corrected chi connectivity index (χ0v) is 10.2. The summed E-state index contributed by atoms with van der Waals surface area (Å²) in [6.07, 6.45) is 4.58. The normalized spacial score (nSPS) is 10.3. The predicted molar refractivity (Wildman–Crippen MR) is 69.6 cm³/mol. The highest BCUT2D eigenvalue weighted by Crippen LogP contribution is 2.13. The van der Waals surface area contributed by atoms with Crippen LogP contribution in [0.25, 0.3) is 5.57 Å². The van der Waals surface area contributed by atoms with E-state index >= 15 is 0 Å². The molecule has 1 aromatic rings. The first-order chi connectivity index (χ1) is 7.19. The molecule has 0 saturated heterocycles. The minimum atomic E-state index is 0.971. The lowest BCUT2D eigenvalue weighted by atomic mass is 10.0. The van der Waals surface area contributed by atoms with E-state index in [9.17, 15) is 0 Å². The summed E-state index contributed by atoms with van der Waals surface area (Å²) in [4.78, 5) is 0. The quantitative estimate of drug-likeness (QED) is 0.686. The van der Waals surface area contributed by atoms with E-state index in [-0.39, 0.29) is 0 Å². The number of benzene rings is 1. The van der Waals surface area contributed by atoms with Crippen molar-refractivity contribution < 1.29 is 0 Å². The van der Waals surface area contributed by atoms with E-state index in [1.807, 2.05) is 25.1 Å². The van der Waals surface area contributed by atoms with E-state index in [4.69, 9.17) is 5.41 Å². The number of nitrogens with one attached hydrogen (secondary N) is 1. The van der Waals surface area contributed by atoms with Gasteiger partial charge in [-0.15, -0.1) is 0 Å². The van der Waals surface area contributed by atoms with E-state index in [1.54, 1.807) is 0 Å². The van der Waals surface area contributed by atoms with Gasteiger partial charge in [-0.3, -0.25) is 0 Å². The molecule has 1 nitrogen and oxygen atoms in total. The molecular weight excluding hydrogens is 182 g/mol. The van der Waals surface area contributed by atoms with Crippen LogP contribution in [0.5, 0.6) is 0 Å². The number of aryl methyl sites for hydroxylation is 1. The lowest BCUT2D eigenvalue weighted by Crippen LogP contribution is -1.84. The second-order valence-electron chi connectivity index (χ2n) is 3.46. The number of hydrogen-bond acceptors (Lipinski definition) is 1. The van der Waals surface area contributed by atoms with Crippen molar-refractivity contribution in [1.82, 2.24) is 0 Å². The molecule has 0 spiro atoms. The number of allylic oxidation sites excluding steroid dienone is 2. The maximum Gasteiger partial charge on any atom is 0.0253 e. The van der Waals surface area contributed by atoms with Gasteiger partial charge in [0.15, 0.2) is 0 Å². The summed E-state index contributed by atoms with van der Waals surface area (Å²) in [5.74, 6) is 0. The van der Waals surface area contributed by atoms with Crippen molar-refractivity contribution in [2.45, 2.75) is 34.1 Å². The molecule has 1 heteroatoms. The third-order valence-corrected chi connectivity index (χ3v) is 1.82. The largest absolute Gasteiger partial charge is 0.308 e. The van der Waals surface area contributed by atoms with Crippen molar-refractivity contribution in [2.24, 2.45) is 0 Å². The van der Waals surface area contributed by atoms with Crippen molar-refractivity contribution in [3.8, 4) is 0 Å². The summed E-state index contributed by atoms with van der Waals surface area (Å²) in [5, 5.41) is 7.17. The maximum absolute atomic E-state index is 7.17. The minimum absolute atomic E-state index is 0.971. The molecule has 0 aromatic heterocycles. The third kappa shape index (κ3) is 5.16. The molecule has 0 fully saturated rings. The van der Waals surface area contributed by atoms with Gasteiger partial charge in [0.25, 0.3) is 0 Å². The van der Waals surface area contributed by atoms with Gasteiger partial charge in [-0.05, 0) is 25.0 Å². The Bertz CT molecular complexity index is 324. The van der Waals surface area contributed by atoms with Crippen LogP contribution in [-0.2, 0) is 0 Å². The molecule has 0 bridgehead atoms. The Morgan fingerprint density at radius 3 is 2.33 bits per heavy atom. The van der Waals surface area contributed by atoms with Gasteiger partial charge in [-0.25, -0.2) is 0 Å². The lowest BCUT2D eigenvalue weighted by molar-refractivity contribution is 1.09. The Morgan fingerprint density at radius 2 is 1.93 bits per heavy atom. The van der Waals surface area contributed by atoms with Gasteiger partial charge < -0.3 is 5.41 Å². The molecule has 0 aliphatic heterocycles. The van der Waals surface area contributed by atoms with E-state index in [0.29, 0.717) is 0 Å². The van der Waals surface area contributed by atoms with Crippen molar-refractivity contribution in [2.75, 3.05) is 0 Å². The molecule has 1 N–H and O–H groups in total. The Morgan fingerprint density at radius 1 is 1.33 bits per heavy atom. The molecule has 15 heavy (non-hydrogen) atoms. The van der Waals surface area contributed by atoms with Gasteiger partial charge in [0.2, 0.25) is 0 Å². The van der Waals surface area contributed by atoms with Crippen molar-refractivity contribution in [3.63, 3.8) is 0 Å². The van der Waals surface area contributed by atoms with Gasteiger partial charge in [0, 0.05) is 6.21 Å². The van der Waals surface area contributed by atoms with Crippen LogP contribution < -0.4 is 0 Å². The summed E-state index contributed by atoms with van der Waals surface area (Å²) in [7, 11) is 0. The molecule has 0 heterocycles. The molecule has 0 aliphatic rings. The van der Waals surface area contributed by atoms with Crippen LogP contribution in [0.3, 0.4) is 0 Å². The Hall–Kier alpha value is -1.37. The monoisotopic (exact) mass is 203 g/mol. The van der Waals surface area contributed by atoms with Gasteiger partial charge in [-0.2, -0.15) is 0 Å². The topological polar surface area (TPSA) is 23.9 Å². The van der Waals surface area contributed by atoms with Crippen LogP contribution >= 0.6 is 0 Å². The average Bonchev–Trinajstić information content (AvgIpc) is 2.21. The fraction of sp³-hybridized carbons (Fsp3) is 0.357. The highest BCUT2D eigenvalue weighted by Gasteiger charge is 1.95. The SMILES string of the molecule is C/C=C(\C=N)c1cccc(C)c1.CCC. The molecular formula is C14H21N. The minimum Gasteiger partial charge on any atom is -0.308 e. The van der Waals surface area contributed by atoms with Crippen molar-refractivity contribution >= 4 is 11.8 Å². The first-order valence-electron chi connectivity index (χ1n) is 5.43. The molecule has 1 aromatic carbocycles. The van der Waals surface area contributed by atoms with E-state index in [1.165, 1.54) is 18.2 Å². The zero-order valence-electron chi connectivity index (χ0n) is 10.2. The average molecular weight is 203 g/mol. The summed E-state index contributed by atoms with van der Waals surface area (Å²) in [6, 6.07) is 8.17. The first-order valence-corrected chi connectivity index (χ1v) is 5.43. The van der Waals surface area contributed by atoms with Crippen LogP contribution in [-0.4, -0.2) is 6.21 Å². The smallest absolute Gasteiger partial charge is 0.0253 e. The summed E-state index contributed by atoms with van der Waals surface area (Å²) in [6.45, 7) is 8.25. The van der Waals surface area contributed by atoms with Gasteiger partial charge >= 0.3 is 0 Å². The molecule has 0 radical (unpaired) electrons. The molecule has 0 unspecified atom stereocenters. The van der Waals surface area contributed by atoms with E-state index in [0.717, 1.165) is 11.1 Å². The summed E-state index contributed by atoms with van der Waals surface area (Å²) >= 11 is 0. The Kier molecular flexibility index (Phi) is 7.25. The van der Waals surface area contributed by atoms with Crippen LogP contribution in [0.15, 0.2) is 30.3 Å². The fourth-order valence-corrected chi connectivity index (χ4v) is 1.16. The Labute approximate surface area is 93.4 Å². The van der Waals surface area contributed by atoms with Crippen molar-refractivity contribution in [1.29, 1.82) is 5.41 Å². The second kappa shape index (κ2) is 7.98. The van der Waals surface area contributed by atoms with Gasteiger partial charge in [0.1, 0.15) is 0 Å². The van der Waals surface area contributed by atoms with E-state index < -0.39 is 0 Å². The zero-order chi connectivity index (χ0) is 11.7. The number of hydrogen-bond donors (Lipinski definition) is 1.